The zero-order valence-electron chi connectivity index (χ0n) is 12.5. The smallest absolute Gasteiger partial charge is 0.259 e. The SMILES string of the molecule is N#CC1(NC(=O)COc2ccc(-c3nnco3)cc2)CCCC1. The normalized spacial score (nSPS) is 15.8. The third kappa shape index (κ3) is 3.48. The number of hydrogen-bond donors (Lipinski definition) is 1. The Morgan fingerprint density at radius 3 is 2.70 bits per heavy atom. The van der Waals surface area contributed by atoms with Gasteiger partial charge in [0.25, 0.3) is 5.91 Å². The second-order valence-electron chi connectivity index (χ2n) is 5.51. The molecule has 2 aromatic rings. The molecule has 0 saturated heterocycles. The largest absolute Gasteiger partial charge is 0.484 e. The van der Waals surface area contributed by atoms with Gasteiger partial charge in [-0.1, -0.05) is 0 Å². The number of nitrogens with zero attached hydrogens (tertiary/aromatic N) is 3. The Hall–Kier alpha value is -2.88. The van der Waals surface area contributed by atoms with Crippen molar-refractivity contribution in [3.63, 3.8) is 0 Å². The molecule has 7 nitrogen and oxygen atoms in total. The molecule has 7 heteroatoms. The van der Waals surface area contributed by atoms with Gasteiger partial charge in [-0.3, -0.25) is 4.79 Å². The van der Waals surface area contributed by atoms with E-state index in [1.807, 2.05) is 0 Å². The van der Waals surface area contributed by atoms with Crippen molar-refractivity contribution in [2.45, 2.75) is 31.2 Å². The van der Waals surface area contributed by atoms with Gasteiger partial charge in [0.1, 0.15) is 11.3 Å². The molecule has 118 valence electrons. The fourth-order valence-electron chi connectivity index (χ4n) is 2.69. The molecule has 1 N–H and O–H groups in total. The number of nitrogens with one attached hydrogen (secondary N) is 1. The van der Waals surface area contributed by atoms with Crippen molar-refractivity contribution in [1.29, 1.82) is 5.26 Å². The molecule has 0 unspecified atom stereocenters. The molecular formula is C16H16N4O3. The summed E-state index contributed by atoms with van der Waals surface area (Å²) in [7, 11) is 0. The van der Waals surface area contributed by atoms with Crippen molar-refractivity contribution in [3.8, 4) is 23.3 Å². The molecular weight excluding hydrogens is 296 g/mol. The lowest BCUT2D eigenvalue weighted by Gasteiger charge is -2.21. The van der Waals surface area contributed by atoms with E-state index in [0.29, 0.717) is 24.5 Å². The van der Waals surface area contributed by atoms with Gasteiger partial charge >= 0.3 is 0 Å². The van der Waals surface area contributed by atoms with Crippen LogP contribution in [-0.2, 0) is 4.79 Å². The summed E-state index contributed by atoms with van der Waals surface area (Å²) in [4.78, 5) is 12.0. The summed E-state index contributed by atoms with van der Waals surface area (Å²) in [6, 6.07) is 9.21. The monoisotopic (exact) mass is 312 g/mol. The average Bonchev–Trinajstić information content (AvgIpc) is 3.26. The fourth-order valence-corrected chi connectivity index (χ4v) is 2.69. The quantitative estimate of drug-likeness (QED) is 0.907. The first-order chi connectivity index (χ1) is 11.2. The first-order valence-corrected chi connectivity index (χ1v) is 7.42. The van der Waals surface area contributed by atoms with Crippen LogP contribution >= 0.6 is 0 Å². The number of amides is 1. The Morgan fingerprint density at radius 2 is 2.09 bits per heavy atom. The summed E-state index contributed by atoms with van der Waals surface area (Å²) in [6.07, 6.45) is 4.60. The van der Waals surface area contributed by atoms with E-state index < -0.39 is 5.54 Å². The van der Waals surface area contributed by atoms with Crippen LogP contribution in [0.15, 0.2) is 35.1 Å². The third-order valence-electron chi connectivity index (χ3n) is 3.88. The lowest BCUT2D eigenvalue weighted by Crippen LogP contribution is -2.47. The molecule has 1 amide bonds. The minimum atomic E-state index is -0.720. The molecule has 1 heterocycles. The number of carbonyl (C=O) groups excluding carboxylic acids is 1. The summed E-state index contributed by atoms with van der Waals surface area (Å²) in [5.74, 6) is 0.696. The van der Waals surface area contributed by atoms with Crippen LogP contribution in [0.25, 0.3) is 11.5 Å². The maximum absolute atomic E-state index is 12.0. The van der Waals surface area contributed by atoms with Gasteiger partial charge in [-0.15, -0.1) is 10.2 Å². The van der Waals surface area contributed by atoms with Crippen LogP contribution in [0.2, 0.25) is 0 Å². The van der Waals surface area contributed by atoms with E-state index in [1.54, 1.807) is 24.3 Å². The second kappa shape index (κ2) is 6.48. The Morgan fingerprint density at radius 1 is 1.35 bits per heavy atom. The second-order valence-corrected chi connectivity index (χ2v) is 5.51. The van der Waals surface area contributed by atoms with Crippen LogP contribution in [0, 0.1) is 11.3 Å². The van der Waals surface area contributed by atoms with Crippen molar-refractivity contribution in [1.82, 2.24) is 15.5 Å². The number of aromatic nitrogens is 2. The van der Waals surface area contributed by atoms with Gasteiger partial charge in [-0.05, 0) is 49.9 Å². The number of rotatable bonds is 5. The number of benzene rings is 1. The zero-order chi connectivity index (χ0) is 16.1. The molecule has 1 fully saturated rings. The highest BCUT2D eigenvalue weighted by Crippen LogP contribution is 2.28. The summed E-state index contributed by atoms with van der Waals surface area (Å²) in [5.41, 5.74) is 0.0520. The van der Waals surface area contributed by atoms with Crippen LogP contribution in [-0.4, -0.2) is 28.3 Å². The van der Waals surface area contributed by atoms with Gasteiger partial charge in [-0.25, -0.2) is 0 Å². The van der Waals surface area contributed by atoms with E-state index in [1.165, 1.54) is 6.39 Å². The van der Waals surface area contributed by atoms with Gasteiger partial charge in [-0.2, -0.15) is 5.26 Å². The van der Waals surface area contributed by atoms with Crippen LogP contribution in [0.3, 0.4) is 0 Å². The Labute approximate surface area is 133 Å². The molecule has 23 heavy (non-hydrogen) atoms. The summed E-state index contributed by atoms with van der Waals surface area (Å²) in [5, 5.41) is 19.5. The summed E-state index contributed by atoms with van der Waals surface area (Å²) < 4.78 is 10.5. The number of carbonyl (C=O) groups is 1. The van der Waals surface area contributed by atoms with Gasteiger partial charge in [0.15, 0.2) is 6.61 Å². The van der Waals surface area contributed by atoms with Gasteiger partial charge in [0, 0.05) is 5.56 Å². The van der Waals surface area contributed by atoms with Gasteiger partial charge in [0.05, 0.1) is 6.07 Å². The highest BCUT2D eigenvalue weighted by atomic mass is 16.5. The molecule has 0 radical (unpaired) electrons. The molecule has 1 aromatic heterocycles. The molecule has 0 bridgehead atoms. The molecule has 1 aliphatic rings. The zero-order valence-corrected chi connectivity index (χ0v) is 12.5. The fraction of sp³-hybridized carbons (Fsp3) is 0.375. The topological polar surface area (TPSA) is 101 Å². The van der Waals surface area contributed by atoms with Crippen molar-refractivity contribution in [2.24, 2.45) is 0 Å². The summed E-state index contributed by atoms with van der Waals surface area (Å²) >= 11 is 0. The van der Waals surface area contributed by atoms with E-state index in [9.17, 15) is 10.1 Å². The number of nitriles is 1. The van der Waals surface area contributed by atoms with Gasteiger partial charge in [0.2, 0.25) is 12.3 Å². The van der Waals surface area contributed by atoms with Crippen molar-refractivity contribution < 1.29 is 13.9 Å². The standard InChI is InChI=1S/C16H16N4O3/c17-10-16(7-1-2-8-16)19-14(21)9-22-13-5-3-12(4-6-13)15-20-18-11-23-15/h3-6,11H,1-2,7-9H2,(H,19,21). The molecule has 1 saturated carbocycles. The molecule has 0 spiro atoms. The molecule has 0 atom stereocenters. The Balaban J connectivity index is 1.54. The van der Waals surface area contributed by atoms with Crippen LogP contribution in [0.4, 0.5) is 0 Å². The minimum absolute atomic E-state index is 0.122. The van der Waals surface area contributed by atoms with E-state index in [4.69, 9.17) is 9.15 Å². The Bertz CT molecular complexity index is 698. The maximum atomic E-state index is 12.0. The molecule has 3 rings (SSSR count). The van der Waals surface area contributed by atoms with E-state index in [2.05, 4.69) is 21.6 Å². The minimum Gasteiger partial charge on any atom is -0.484 e. The van der Waals surface area contributed by atoms with Crippen LogP contribution < -0.4 is 10.1 Å². The van der Waals surface area contributed by atoms with Crippen molar-refractivity contribution in [3.05, 3.63) is 30.7 Å². The predicted octanol–water partition coefficient (Wildman–Crippen LogP) is 2.07. The highest BCUT2D eigenvalue weighted by Gasteiger charge is 2.35. The third-order valence-corrected chi connectivity index (χ3v) is 3.88. The average molecular weight is 312 g/mol. The van der Waals surface area contributed by atoms with Gasteiger partial charge < -0.3 is 14.5 Å². The summed E-state index contributed by atoms with van der Waals surface area (Å²) in [6.45, 7) is -0.122. The molecule has 1 aliphatic carbocycles. The predicted molar refractivity (Wildman–Crippen MR) is 80.2 cm³/mol. The number of ether oxygens (including phenoxy) is 1. The molecule has 0 aliphatic heterocycles. The van der Waals surface area contributed by atoms with Crippen LogP contribution in [0.5, 0.6) is 5.75 Å². The lowest BCUT2D eigenvalue weighted by atomic mass is 10.00. The maximum Gasteiger partial charge on any atom is 0.259 e. The van der Waals surface area contributed by atoms with E-state index in [0.717, 1.165) is 18.4 Å². The lowest BCUT2D eigenvalue weighted by molar-refractivity contribution is -0.124. The number of hydrogen-bond acceptors (Lipinski definition) is 6. The van der Waals surface area contributed by atoms with Crippen molar-refractivity contribution >= 4 is 5.91 Å². The van der Waals surface area contributed by atoms with E-state index >= 15 is 0 Å². The first kappa shape index (κ1) is 15.0. The highest BCUT2D eigenvalue weighted by molar-refractivity contribution is 5.79. The van der Waals surface area contributed by atoms with Crippen LogP contribution in [0.1, 0.15) is 25.7 Å². The van der Waals surface area contributed by atoms with Crippen molar-refractivity contribution in [2.75, 3.05) is 6.61 Å². The Kier molecular flexibility index (Phi) is 4.24. The molecule has 1 aromatic carbocycles. The first-order valence-electron chi connectivity index (χ1n) is 7.42. The van der Waals surface area contributed by atoms with E-state index in [-0.39, 0.29) is 12.5 Å².